The largest absolute Gasteiger partial charge is 0.489 e. The van der Waals surface area contributed by atoms with Gasteiger partial charge in [-0.3, -0.25) is 0 Å². The van der Waals surface area contributed by atoms with Crippen LogP contribution in [0, 0.1) is 0 Å². The van der Waals surface area contributed by atoms with Gasteiger partial charge in [-0.1, -0.05) is 15.9 Å². The van der Waals surface area contributed by atoms with Crippen molar-refractivity contribution >= 4 is 22.0 Å². The average Bonchev–Trinajstić information content (AvgIpc) is 2.61. The quantitative estimate of drug-likeness (QED) is 0.719. The first-order valence-electron chi connectivity index (χ1n) is 8.81. The maximum absolute atomic E-state index is 5.85. The molecule has 1 N–H and O–H groups in total. The van der Waals surface area contributed by atoms with Crippen molar-refractivity contribution in [3.63, 3.8) is 0 Å². The number of piperidine rings is 1. The van der Waals surface area contributed by atoms with Gasteiger partial charge in [0.15, 0.2) is 0 Å². The minimum absolute atomic E-state index is 0.619. The fourth-order valence-corrected chi connectivity index (χ4v) is 3.75. The van der Waals surface area contributed by atoms with Crippen LogP contribution in [0.15, 0.2) is 28.2 Å². The Morgan fingerprint density at radius 3 is 2.96 bits per heavy atom. The standard InChI is InChI=1S/C19H27BrN2O2/c1-23-10-2-7-22-8-5-18(6-9-22)21-13-15-11-16-12-17(20)3-4-19(16)24-14-15/h3-4,11-12,18,21H,2,5-10,13-14H2,1H3. The van der Waals surface area contributed by atoms with E-state index in [9.17, 15) is 0 Å². The second-order valence-electron chi connectivity index (χ2n) is 6.62. The van der Waals surface area contributed by atoms with Gasteiger partial charge in [0.05, 0.1) is 0 Å². The number of likely N-dealkylation sites (tertiary alicyclic amines) is 1. The summed E-state index contributed by atoms with van der Waals surface area (Å²) in [4.78, 5) is 2.55. The summed E-state index contributed by atoms with van der Waals surface area (Å²) in [6.07, 6.45) is 5.84. The molecule has 0 bridgehead atoms. The van der Waals surface area contributed by atoms with Gasteiger partial charge in [0.2, 0.25) is 0 Å². The molecule has 1 fully saturated rings. The van der Waals surface area contributed by atoms with Gasteiger partial charge in [0.1, 0.15) is 12.4 Å². The summed E-state index contributed by atoms with van der Waals surface area (Å²) < 4.78 is 12.1. The number of fused-ring (bicyclic) bond motifs is 1. The normalized spacial score (nSPS) is 18.8. The highest BCUT2D eigenvalue weighted by Gasteiger charge is 2.19. The molecular weight excluding hydrogens is 368 g/mol. The highest BCUT2D eigenvalue weighted by molar-refractivity contribution is 9.10. The summed E-state index contributed by atoms with van der Waals surface area (Å²) in [5, 5.41) is 3.71. The molecule has 5 heteroatoms. The Morgan fingerprint density at radius 2 is 2.17 bits per heavy atom. The van der Waals surface area contributed by atoms with Gasteiger partial charge in [0.25, 0.3) is 0 Å². The second kappa shape index (κ2) is 8.99. The van der Waals surface area contributed by atoms with Crippen LogP contribution in [0.25, 0.3) is 6.08 Å². The number of halogens is 1. The molecule has 132 valence electrons. The summed E-state index contributed by atoms with van der Waals surface area (Å²) in [6.45, 7) is 6.01. The molecule has 2 heterocycles. The fraction of sp³-hybridized carbons (Fsp3) is 0.579. The number of ether oxygens (including phenoxy) is 2. The lowest BCUT2D eigenvalue weighted by atomic mass is 10.0. The van der Waals surface area contributed by atoms with Gasteiger partial charge in [-0.15, -0.1) is 0 Å². The van der Waals surface area contributed by atoms with E-state index in [2.05, 4.69) is 38.3 Å². The SMILES string of the molecule is COCCCN1CCC(NCC2=Cc3cc(Br)ccc3OC2)CC1. The van der Waals surface area contributed by atoms with E-state index < -0.39 is 0 Å². The number of rotatable bonds is 7. The molecule has 0 atom stereocenters. The minimum Gasteiger partial charge on any atom is -0.489 e. The van der Waals surface area contributed by atoms with Crippen molar-refractivity contribution in [2.24, 2.45) is 0 Å². The van der Waals surface area contributed by atoms with Gasteiger partial charge >= 0.3 is 0 Å². The number of hydrogen-bond acceptors (Lipinski definition) is 4. The van der Waals surface area contributed by atoms with E-state index in [0.717, 1.165) is 36.3 Å². The van der Waals surface area contributed by atoms with Gasteiger partial charge in [0, 0.05) is 42.9 Å². The van der Waals surface area contributed by atoms with Crippen molar-refractivity contribution in [1.82, 2.24) is 10.2 Å². The van der Waals surface area contributed by atoms with E-state index in [1.807, 2.05) is 12.1 Å². The molecule has 0 aliphatic carbocycles. The van der Waals surface area contributed by atoms with Gasteiger partial charge in [-0.2, -0.15) is 0 Å². The summed E-state index contributed by atoms with van der Waals surface area (Å²) >= 11 is 3.53. The first-order chi connectivity index (χ1) is 11.7. The zero-order chi connectivity index (χ0) is 16.8. The summed E-state index contributed by atoms with van der Waals surface area (Å²) in [7, 11) is 1.77. The molecule has 0 amide bonds. The highest BCUT2D eigenvalue weighted by Crippen LogP contribution is 2.29. The molecule has 3 rings (SSSR count). The first-order valence-corrected chi connectivity index (χ1v) is 9.60. The smallest absolute Gasteiger partial charge is 0.127 e. The van der Waals surface area contributed by atoms with Crippen LogP contribution in [0.4, 0.5) is 0 Å². The van der Waals surface area contributed by atoms with E-state index in [0.29, 0.717) is 12.6 Å². The van der Waals surface area contributed by atoms with Crippen molar-refractivity contribution < 1.29 is 9.47 Å². The lowest BCUT2D eigenvalue weighted by Crippen LogP contribution is -2.43. The van der Waals surface area contributed by atoms with E-state index in [4.69, 9.17) is 9.47 Å². The molecule has 0 radical (unpaired) electrons. The van der Waals surface area contributed by atoms with Crippen molar-refractivity contribution in [1.29, 1.82) is 0 Å². The van der Waals surface area contributed by atoms with Crippen LogP contribution in [0.2, 0.25) is 0 Å². The molecule has 2 aliphatic heterocycles. The topological polar surface area (TPSA) is 33.7 Å². The van der Waals surface area contributed by atoms with Gasteiger partial charge in [-0.25, -0.2) is 0 Å². The molecule has 1 aromatic carbocycles. The third kappa shape index (κ3) is 5.06. The molecule has 0 aromatic heterocycles. The molecule has 2 aliphatic rings. The van der Waals surface area contributed by atoms with E-state index in [-0.39, 0.29) is 0 Å². The third-order valence-electron chi connectivity index (χ3n) is 4.77. The minimum atomic E-state index is 0.619. The van der Waals surface area contributed by atoms with Gasteiger partial charge < -0.3 is 19.7 Å². The van der Waals surface area contributed by atoms with Crippen molar-refractivity contribution in [3.05, 3.63) is 33.8 Å². The van der Waals surface area contributed by atoms with Crippen LogP contribution in [-0.4, -0.2) is 57.4 Å². The maximum Gasteiger partial charge on any atom is 0.127 e. The molecular formula is C19H27BrN2O2. The van der Waals surface area contributed by atoms with Crippen molar-refractivity contribution in [3.8, 4) is 5.75 Å². The molecule has 0 unspecified atom stereocenters. The van der Waals surface area contributed by atoms with E-state index in [1.54, 1.807) is 7.11 Å². The molecule has 0 spiro atoms. The molecule has 0 saturated carbocycles. The Balaban J connectivity index is 1.42. The maximum atomic E-state index is 5.85. The lowest BCUT2D eigenvalue weighted by molar-refractivity contribution is 0.153. The van der Waals surface area contributed by atoms with Crippen molar-refractivity contribution in [2.45, 2.75) is 25.3 Å². The average molecular weight is 395 g/mol. The summed E-state index contributed by atoms with van der Waals surface area (Å²) in [5.74, 6) is 0.978. The third-order valence-corrected chi connectivity index (χ3v) is 5.27. The van der Waals surface area contributed by atoms with E-state index in [1.165, 1.54) is 37.1 Å². The van der Waals surface area contributed by atoms with E-state index >= 15 is 0 Å². The highest BCUT2D eigenvalue weighted by atomic mass is 79.9. The number of benzene rings is 1. The molecule has 4 nitrogen and oxygen atoms in total. The van der Waals surface area contributed by atoms with Crippen molar-refractivity contribution in [2.75, 3.05) is 46.5 Å². The summed E-state index contributed by atoms with van der Waals surface area (Å²) in [5.41, 5.74) is 2.49. The zero-order valence-electron chi connectivity index (χ0n) is 14.4. The molecule has 1 saturated heterocycles. The first kappa shape index (κ1) is 17.9. The number of nitrogens with one attached hydrogen (secondary N) is 1. The van der Waals surface area contributed by atoms with Crippen LogP contribution in [0.1, 0.15) is 24.8 Å². The monoisotopic (exact) mass is 394 g/mol. The molecule has 1 aromatic rings. The predicted molar refractivity (Wildman–Crippen MR) is 102 cm³/mol. The van der Waals surface area contributed by atoms with Crippen LogP contribution in [0.3, 0.4) is 0 Å². The summed E-state index contributed by atoms with van der Waals surface area (Å²) in [6, 6.07) is 6.79. The van der Waals surface area contributed by atoms with Gasteiger partial charge in [-0.05, 0) is 62.2 Å². The van der Waals surface area contributed by atoms with Crippen LogP contribution < -0.4 is 10.1 Å². The van der Waals surface area contributed by atoms with Crippen LogP contribution >= 0.6 is 15.9 Å². The molecule has 24 heavy (non-hydrogen) atoms. The second-order valence-corrected chi connectivity index (χ2v) is 7.53. The Morgan fingerprint density at radius 1 is 1.33 bits per heavy atom. The number of methoxy groups -OCH3 is 1. The Bertz CT molecular complexity index is 568. The van der Waals surface area contributed by atoms with Crippen LogP contribution in [0.5, 0.6) is 5.75 Å². The lowest BCUT2D eigenvalue weighted by Gasteiger charge is -2.32. The Hall–Kier alpha value is -0.880. The van der Waals surface area contributed by atoms with Crippen LogP contribution in [-0.2, 0) is 4.74 Å². The fourth-order valence-electron chi connectivity index (χ4n) is 3.37. The predicted octanol–water partition coefficient (Wildman–Crippen LogP) is 3.32. The zero-order valence-corrected chi connectivity index (χ0v) is 16.0. The number of nitrogens with zero attached hydrogens (tertiary/aromatic N) is 1. The number of hydrogen-bond donors (Lipinski definition) is 1. The Kier molecular flexibility index (Phi) is 6.72. The Labute approximate surface area is 153 Å².